The molecule has 2 amide bonds. The molecule has 8 nitrogen and oxygen atoms in total. The lowest BCUT2D eigenvalue weighted by Gasteiger charge is -2.09. The van der Waals surface area contributed by atoms with E-state index in [0.29, 0.717) is 17.5 Å². The number of thioether (sulfide) groups is 1. The highest BCUT2D eigenvalue weighted by atomic mass is 32.2. The standard InChI is InChI=1S/C19H21N5O3S2/c1-3-24-18(15-8-5-9-28-15)22-23-19(24)29-12-17(26)21-20-16(25)11-27-14-7-4-6-13(2)10-14/h4-10H,3,11-12H2,1-2H3,(H,20,25)(H,21,26). The Balaban J connectivity index is 1.44. The smallest absolute Gasteiger partial charge is 0.276 e. The van der Waals surface area contributed by atoms with Crippen LogP contribution in [0, 0.1) is 6.92 Å². The highest BCUT2D eigenvalue weighted by Gasteiger charge is 2.15. The number of hydrogen-bond donors (Lipinski definition) is 2. The molecule has 1 aromatic carbocycles. The average molecular weight is 432 g/mol. The third-order valence-corrected chi connectivity index (χ3v) is 5.64. The Bertz CT molecular complexity index is 972. The molecule has 0 aliphatic rings. The topological polar surface area (TPSA) is 98.1 Å². The van der Waals surface area contributed by atoms with E-state index in [0.717, 1.165) is 16.3 Å². The summed E-state index contributed by atoms with van der Waals surface area (Å²) in [6.45, 7) is 4.44. The lowest BCUT2D eigenvalue weighted by molar-refractivity contribution is -0.128. The molecule has 0 aliphatic heterocycles. The summed E-state index contributed by atoms with van der Waals surface area (Å²) in [4.78, 5) is 24.9. The van der Waals surface area contributed by atoms with Gasteiger partial charge in [-0.2, -0.15) is 0 Å². The van der Waals surface area contributed by atoms with Gasteiger partial charge < -0.3 is 9.30 Å². The van der Waals surface area contributed by atoms with Gasteiger partial charge in [0.15, 0.2) is 17.6 Å². The third-order valence-electron chi connectivity index (χ3n) is 3.81. The molecule has 10 heteroatoms. The van der Waals surface area contributed by atoms with Crippen LogP contribution in [0.25, 0.3) is 10.7 Å². The molecular weight excluding hydrogens is 410 g/mol. The maximum Gasteiger partial charge on any atom is 0.276 e. The number of benzene rings is 1. The second-order valence-corrected chi connectivity index (χ2v) is 7.91. The minimum atomic E-state index is -0.443. The van der Waals surface area contributed by atoms with Crippen LogP contribution in [0.15, 0.2) is 46.9 Å². The molecule has 3 aromatic rings. The van der Waals surface area contributed by atoms with Crippen molar-refractivity contribution in [1.82, 2.24) is 25.6 Å². The molecule has 2 heterocycles. The molecule has 2 N–H and O–H groups in total. The molecule has 0 unspecified atom stereocenters. The van der Waals surface area contributed by atoms with Gasteiger partial charge >= 0.3 is 0 Å². The number of rotatable bonds is 8. The van der Waals surface area contributed by atoms with Gasteiger partial charge in [0.05, 0.1) is 10.6 Å². The Labute approximate surface area is 176 Å². The fourth-order valence-electron chi connectivity index (χ4n) is 2.46. The second kappa shape index (κ2) is 10.1. The molecule has 0 saturated heterocycles. The van der Waals surface area contributed by atoms with Crippen LogP contribution in [0.2, 0.25) is 0 Å². The number of carbonyl (C=O) groups is 2. The van der Waals surface area contributed by atoms with E-state index in [-0.39, 0.29) is 18.3 Å². The van der Waals surface area contributed by atoms with Gasteiger partial charge in [0.2, 0.25) is 5.91 Å². The predicted molar refractivity (Wildman–Crippen MR) is 113 cm³/mol. The van der Waals surface area contributed by atoms with E-state index < -0.39 is 5.91 Å². The van der Waals surface area contributed by atoms with Gasteiger partial charge in [-0.3, -0.25) is 20.4 Å². The number of ether oxygens (including phenoxy) is 1. The molecule has 2 aromatic heterocycles. The first-order chi connectivity index (χ1) is 14.1. The van der Waals surface area contributed by atoms with Crippen molar-refractivity contribution in [2.24, 2.45) is 0 Å². The van der Waals surface area contributed by atoms with Crippen LogP contribution in [0.4, 0.5) is 0 Å². The van der Waals surface area contributed by atoms with Gasteiger partial charge in [-0.1, -0.05) is 30.0 Å². The predicted octanol–water partition coefficient (Wildman–Crippen LogP) is 2.65. The van der Waals surface area contributed by atoms with Gasteiger partial charge in [-0.15, -0.1) is 21.5 Å². The summed E-state index contributed by atoms with van der Waals surface area (Å²) < 4.78 is 7.35. The lowest BCUT2D eigenvalue weighted by Crippen LogP contribution is -2.44. The van der Waals surface area contributed by atoms with Crippen molar-refractivity contribution in [2.45, 2.75) is 25.5 Å². The van der Waals surface area contributed by atoms with Gasteiger partial charge in [0.1, 0.15) is 5.75 Å². The van der Waals surface area contributed by atoms with Crippen LogP contribution in [0.5, 0.6) is 5.75 Å². The molecule has 29 heavy (non-hydrogen) atoms. The van der Waals surface area contributed by atoms with Crippen molar-refractivity contribution < 1.29 is 14.3 Å². The average Bonchev–Trinajstić information content (AvgIpc) is 3.38. The number of carbonyl (C=O) groups excluding carboxylic acids is 2. The van der Waals surface area contributed by atoms with Crippen LogP contribution in [-0.2, 0) is 16.1 Å². The lowest BCUT2D eigenvalue weighted by atomic mass is 10.2. The highest BCUT2D eigenvalue weighted by Crippen LogP contribution is 2.26. The number of thiophene rings is 1. The van der Waals surface area contributed by atoms with Crippen molar-refractivity contribution in [2.75, 3.05) is 12.4 Å². The number of aryl methyl sites for hydroxylation is 1. The van der Waals surface area contributed by atoms with E-state index >= 15 is 0 Å². The Morgan fingerprint density at radius 1 is 1.17 bits per heavy atom. The van der Waals surface area contributed by atoms with Crippen LogP contribution in [0.1, 0.15) is 12.5 Å². The molecular formula is C19H21N5O3S2. The molecule has 0 aliphatic carbocycles. The monoisotopic (exact) mass is 431 g/mol. The fourth-order valence-corrected chi connectivity index (χ4v) is 3.98. The van der Waals surface area contributed by atoms with E-state index in [1.165, 1.54) is 11.8 Å². The maximum atomic E-state index is 12.0. The molecule has 0 bridgehead atoms. The first-order valence-electron chi connectivity index (χ1n) is 8.94. The SMILES string of the molecule is CCn1c(SCC(=O)NNC(=O)COc2cccc(C)c2)nnc1-c1cccs1. The molecule has 0 saturated carbocycles. The molecule has 152 valence electrons. The minimum absolute atomic E-state index is 0.0988. The zero-order valence-corrected chi connectivity index (χ0v) is 17.7. The summed E-state index contributed by atoms with van der Waals surface area (Å²) in [5.74, 6) is 0.694. The Hall–Kier alpha value is -2.85. The van der Waals surface area contributed by atoms with Crippen molar-refractivity contribution in [3.8, 4) is 16.5 Å². The zero-order chi connectivity index (χ0) is 20.6. The minimum Gasteiger partial charge on any atom is -0.484 e. The third kappa shape index (κ3) is 5.81. The van der Waals surface area contributed by atoms with Gasteiger partial charge in [0.25, 0.3) is 5.91 Å². The number of hydrazine groups is 1. The first-order valence-corrected chi connectivity index (χ1v) is 10.8. The normalized spacial score (nSPS) is 10.6. The number of nitrogens with one attached hydrogen (secondary N) is 2. The van der Waals surface area contributed by atoms with Crippen LogP contribution in [0.3, 0.4) is 0 Å². The fraction of sp³-hybridized carbons (Fsp3) is 0.263. The summed E-state index contributed by atoms with van der Waals surface area (Å²) in [5.41, 5.74) is 5.76. The first kappa shape index (κ1) is 20.9. The van der Waals surface area contributed by atoms with Crippen molar-refractivity contribution in [1.29, 1.82) is 0 Å². The number of amides is 2. The summed E-state index contributed by atoms with van der Waals surface area (Å²) in [7, 11) is 0. The van der Waals surface area contributed by atoms with Crippen molar-refractivity contribution in [3.05, 3.63) is 47.3 Å². The summed E-state index contributed by atoms with van der Waals surface area (Å²) >= 11 is 2.85. The molecule has 0 radical (unpaired) electrons. The maximum absolute atomic E-state index is 12.0. The molecule has 3 rings (SSSR count). The Morgan fingerprint density at radius 3 is 2.72 bits per heavy atom. The summed E-state index contributed by atoms with van der Waals surface area (Å²) in [6.07, 6.45) is 0. The number of nitrogens with zero attached hydrogens (tertiary/aromatic N) is 3. The van der Waals surface area contributed by atoms with E-state index in [1.807, 2.05) is 54.1 Å². The molecule has 0 spiro atoms. The quantitative estimate of drug-likeness (QED) is 0.420. The van der Waals surface area contributed by atoms with Crippen LogP contribution in [-0.4, -0.2) is 38.9 Å². The summed E-state index contributed by atoms with van der Waals surface area (Å²) in [6, 6.07) is 11.3. The van der Waals surface area contributed by atoms with E-state index in [4.69, 9.17) is 4.74 Å². The number of aromatic nitrogens is 3. The van der Waals surface area contributed by atoms with Gasteiger partial charge in [-0.05, 0) is 43.0 Å². The summed E-state index contributed by atoms with van der Waals surface area (Å²) in [5, 5.41) is 11.0. The van der Waals surface area contributed by atoms with Crippen LogP contribution >= 0.6 is 23.1 Å². The van der Waals surface area contributed by atoms with Crippen molar-refractivity contribution >= 4 is 34.9 Å². The molecule has 0 fully saturated rings. The largest absolute Gasteiger partial charge is 0.484 e. The van der Waals surface area contributed by atoms with E-state index in [9.17, 15) is 9.59 Å². The van der Waals surface area contributed by atoms with E-state index in [2.05, 4.69) is 21.0 Å². The Morgan fingerprint density at radius 2 is 2.00 bits per heavy atom. The van der Waals surface area contributed by atoms with Gasteiger partial charge in [0, 0.05) is 6.54 Å². The number of hydrogen-bond acceptors (Lipinski definition) is 7. The van der Waals surface area contributed by atoms with Crippen LogP contribution < -0.4 is 15.6 Å². The zero-order valence-electron chi connectivity index (χ0n) is 16.0. The Kier molecular flexibility index (Phi) is 7.25. The molecule has 0 atom stereocenters. The van der Waals surface area contributed by atoms with Crippen molar-refractivity contribution in [3.63, 3.8) is 0 Å². The second-order valence-electron chi connectivity index (χ2n) is 6.02. The highest BCUT2D eigenvalue weighted by molar-refractivity contribution is 7.99. The van der Waals surface area contributed by atoms with Gasteiger partial charge in [-0.25, -0.2) is 0 Å². The van der Waals surface area contributed by atoms with E-state index in [1.54, 1.807) is 17.4 Å².